The Labute approximate surface area is 176 Å². The summed E-state index contributed by atoms with van der Waals surface area (Å²) in [6.07, 6.45) is -13.2. The summed E-state index contributed by atoms with van der Waals surface area (Å²) in [6, 6.07) is -1.31. The topological polar surface area (TPSA) is 236 Å². The van der Waals surface area contributed by atoms with Gasteiger partial charge in [0.2, 0.25) is 5.91 Å². The molecule has 1 amide bonds. The highest BCUT2D eigenvalue weighted by molar-refractivity contribution is 5.73. The molecule has 2 aliphatic heterocycles. The van der Waals surface area contributed by atoms with Crippen molar-refractivity contribution >= 4 is 5.91 Å². The number of nitrogens with one attached hydrogen (secondary N) is 1. The summed E-state index contributed by atoms with van der Waals surface area (Å²) in [7, 11) is 0. The van der Waals surface area contributed by atoms with Gasteiger partial charge in [0.05, 0.1) is 19.8 Å². The van der Waals surface area contributed by atoms with Crippen molar-refractivity contribution in [3.05, 3.63) is 10.4 Å². The fourth-order valence-electron chi connectivity index (χ4n) is 3.33. The second-order valence-electron chi connectivity index (χ2n) is 7.07. The van der Waals surface area contributed by atoms with Crippen LogP contribution < -0.4 is 5.32 Å². The maximum atomic E-state index is 11.5. The van der Waals surface area contributed by atoms with Crippen LogP contribution in [-0.2, 0) is 23.7 Å². The smallest absolute Gasteiger partial charge is 0.217 e. The highest BCUT2D eigenvalue weighted by Crippen LogP contribution is 2.29. The minimum Gasteiger partial charge on any atom is -0.394 e. The molecule has 0 aromatic rings. The third-order valence-corrected chi connectivity index (χ3v) is 4.90. The second kappa shape index (κ2) is 11.8. The van der Waals surface area contributed by atoms with Crippen LogP contribution in [0, 0.1) is 0 Å². The highest BCUT2D eigenvalue weighted by Gasteiger charge is 2.51. The van der Waals surface area contributed by atoms with Crippen LogP contribution in [0.3, 0.4) is 0 Å². The Morgan fingerprint density at radius 2 is 1.61 bits per heavy atom. The second-order valence-corrected chi connectivity index (χ2v) is 7.07. The molecule has 0 saturated carbocycles. The molecule has 7 N–H and O–H groups in total. The molecule has 0 aromatic heterocycles. The average Bonchev–Trinajstić information content (AvgIpc) is 2.74. The third-order valence-electron chi connectivity index (χ3n) is 4.90. The first-order valence-corrected chi connectivity index (χ1v) is 9.55. The van der Waals surface area contributed by atoms with Crippen LogP contribution in [0.25, 0.3) is 10.4 Å². The standard InChI is InChI=1S/C16H28N4O11/c1-6(23)19-9-12(26)10(24)7(4-21)29-15(9)31-14-13(27)11(25)8(5-22)30-16(14)28-3-2-18-20-17/h7-16,21-22,24-27H,2-5H2,1H3,(H,19,23)/t7-,8+,9-,10-,11+,12-,13-,14-,15+,16-/m0/s1. The number of aliphatic hydroxyl groups excluding tert-OH is 6. The van der Waals surface area contributed by atoms with E-state index in [-0.39, 0.29) is 13.2 Å². The molecule has 0 aliphatic carbocycles. The number of hydrogen-bond acceptors (Lipinski definition) is 12. The molecule has 2 rings (SSSR count). The van der Waals surface area contributed by atoms with Crippen molar-refractivity contribution in [1.82, 2.24) is 5.32 Å². The van der Waals surface area contributed by atoms with Gasteiger partial charge in [0.25, 0.3) is 0 Å². The van der Waals surface area contributed by atoms with Gasteiger partial charge in [0.15, 0.2) is 12.6 Å². The van der Waals surface area contributed by atoms with Gasteiger partial charge in [-0.1, -0.05) is 5.11 Å². The molecule has 2 aliphatic rings. The lowest BCUT2D eigenvalue weighted by Crippen LogP contribution is -2.67. The summed E-state index contributed by atoms with van der Waals surface area (Å²) in [4.78, 5) is 14.1. The molecule has 0 unspecified atom stereocenters. The van der Waals surface area contributed by atoms with E-state index in [1.807, 2.05) is 0 Å². The van der Waals surface area contributed by atoms with E-state index >= 15 is 0 Å². The maximum absolute atomic E-state index is 11.5. The summed E-state index contributed by atoms with van der Waals surface area (Å²) in [5, 5.41) is 65.6. The average molecular weight is 452 g/mol. The highest BCUT2D eigenvalue weighted by atomic mass is 16.7. The van der Waals surface area contributed by atoms with E-state index in [1.165, 1.54) is 0 Å². The van der Waals surface area contributed by atoms with Crippen molar-refractivity contribution in [2.75, 3.05) is 26.4 Å². The Kier molecular flexibility index (Phi) is 9.80. The van der Waals surface area contributed by atoms with Crippen molar-refractivity contribution in [3.8, 4) is 0 Å². The van der Waals surface area contributed by atoms with E-state index in [1.54, 1.807) is 0 Å². The summed E-state index contributed by atoms with van der Waals surface area (Å²) >= 11 is 0. The molecule has 2 fully saturated rings. The van der Waals surface area contributed by atoms with Gasteiger partial charge in [0.1, 0.15) is 48.8 Å². The molecule has 2 saturated heterocycles. The molecule has 15 nitrogen and oxygen atoms in total. The first-order chi connectivity index (χ1) is 14.7. The minimum absolute atomic E-state index is 0.0859. The Balaban J connectivity index is 2.24. The van der Waals surface area contributed by atoms with Crippen LogP contribution in [-0.4, -0.2) is 124 Å². The number of rotatable bonds is 9. The zero-order valence-electron chi connectivity index (χ0n) is 16.7. The van der Waals surface area contributed by atoms with Crippen molar-refractivity contribution < 1.29 is 54.4 Å². The van der Waals surface area contributed by atoms with Gasteiger partial charge in [-0.05, 0) is 5.53 Å². The zero-order chi connectivity index (χ0) is 23.1. The van der Waals surface area contributed by atoms with E-state index in [9.17, 15) is 35.4 Å². The van der Waals surface area contributed by atoms with Gasteiger partial charge in [-0.15, -0.1) is 0 Å². The van der Waals surface area contributed by atoms with Crippen LogP contribution >= 0.6 is 0 Å². The number of aliphatic hydroxyl groups is 6. The Hall–Kier alpha value is -1.62. The predicted octanol–water partition coefficient (Wildman–Crippen LogP) is -3.92. The number of amides is 1. The molecule has 178 valence electrons. The van der Waals surface area contributed by atoms with Gasteiger partial charge < -0.3 is 54.9 Å². The van der Waals surface area contributed by atoms with Crippen molar-refractivity contribution in [1.29, 1.82) is 0 Å². The molecular formula is C16H28N4O11. The maximum Gasteiger partial charge on any atom is 0.217 e. The van der Waals surface area contributed by atoms with Gasteiger partial charge in [0, 0.05) is 18.4 Å². The summed E-state index contributed by atoms with van der Waals surface area (Å²) in [6.45, 7) is -0.415. The number of azide groups is 1. The number of carbonyl (C=O) groups excluding carboxylic acids is 1. The lowest BCUT2D eigenvalue weighted by molar-refractivity contribution is -0.354. The molecule has 15 heteroatoms. The van der Waals surface area contributed by atoms with Crippen LogP contribution in [0.1, 0.15) is 6.92 Å². The molecule has 10 atom stereocenters. The first-order valence-electron chi connectivity index (χ1n) is 9.55. The monoisotopic (exact) mass is 452 g/mol. The normalized spacial score (nSPS) is 40.7. The van der Waals surface area contributed by atoms with Gasteiger partial charge in [-0.3, -0.25) is 4.79 Å². The largest absolute Gasteiger partial charge is 0.394 e. The van der Waals surface area contributed by atoms with Crippen LogP contribution in [0.15, 0.2) is 5.11 Å². The van der Waals surface area contributed by atoms with Crippen LogP contribution in [0.5, 0.6) is 0 Å². The summed E-state index contributed by atoms with van der Waals surface area (Å²) in [5.74, 6) is -0.584. The molecule has 0 aromatic carbocycles. The Morgan fingerprint density at radius 3 is 2.16 bits per heavy atom. The lowest BCUT2D eigenvalue weighted by Gasteiger charge is -2.47. The number of carbonyl (C=O) groups is 1. The van der Waals surface area contributed by atoms with E-state index < -0.39 is 80.5 Å². The fraction of sp³-hybridized carbons (Fsp3) is 0.938. The van der Waals surface area contributed by atoms with Crippen molar-refractivity contribution in [2.24, 2.45) is 5.11 Å². The molecule has 31 heavy (non-hydrogen) atoms. The van der Waals surface area contributed by atoms with E-state index in [0.717, 1.165) is 6.92 Å². The van der Waals surface area contributed by atoms with Crippen molar-refractivity contribution in [3.63, 3.8) is 0 Å². The van der Waals surface area contributed by atoms with Crippen LogP contribution in [0.2, 0.25) is 0 Å². The molecule has 0 radical (unpaired) electrons. The van der Waals surface area contributed by atoms with E-state index in [2.05, 4.69) is 15.3 Å². The number of nitrogens with zero attached hydrogens (tertiary/aromatic N) is 3. The van der Waals surface area contributed by atoms with Gasteiger partial charge in [-0.25, -0.2) is 0 Å². The molecule has 2 heterocycles. The lowest BCUT2D eigenvalue weighted by atomic mass is 9.95. The van der Waals surface area contributed by atoms with E-state index in [4.69, 9.17) is 24.5 Å². The zero-order valence-corrected chi connectivity index (χ0v) is 16.7. The quantitative estimate of drug-likeness (QED) is 0.0772. The first kappa shape index (κ1) is 25.6. The number of ether oxygens (including phenoxy) is 4. The Bertz CT molecular complexity index is 637. The fourth-order valence-corrected chi connectivity index (χ4v) is 3.33. The molecule has 0 bridgehead atoms. The molecule has 0 spiro atoms. The van der Waals surface area contributed by atoms with Crippen molar-refractivity contribution in [2.45, 2.75) is 68.3 Å². The van der Waals surface area contributed by atoms with Crippen LogP contribution in [0.4, 0.5) is 0 Å². The van der Waals surface area contributed by atoms with Gasteiger partial charge >= 0.3 is 0 Å². The molecular weight excluding hydrogens is 424 g/mol. The predicted molar refractivity (Wildman–Crippen MR) is 98.0 cm³/mol. The minimum atomic E-state index is -1.66. The SMILES string of the molecule is CC(=O)N[C@@H]1[C@@H](O[C@@H]2[C@@H](OCCN=[N+]=[N-])O[C@H](CO)[C@@H](O)[C@@H]2O)O[C@@H](CO)[C@H](O)[C@H]1O. The summed E-state index contributed by atoms with van der Waals surface area (Å²) in [5.41, 5.74) is 8.35. The third kappa shape index (κ3) is 6.21. The van der Waals surface area contributed by atoms with Gasteiger partial charge in [-0.2, -0.15) is 0 Å². The summed E-state index contributed by atoms with van der Waals surface area (Å²) < 4.78 is 22.0. The van der Waals surface area contributed by atoms with E-state index in [0.29, 0.717) is 0 Å². The Morgan fingerprint density at radius 1 is 1.03 bits per heavy atom. The number of hydrogen-bond donors (Lipinski definition) is 7.